The van der Waals surface area contributed by atoms with Crippen LogP contribution in [0.2, 0.25) is 0 Å². The third kappa shape index (κ3) is 3.19. The minimum absolute atomic E-state index is 0.523. The van der Waals surface area contributed by atoms with Gasteiger partial charge in [-0.15, -0.1) is 11.8 Å². The number of aromatic nitrogens is 2. The molecule has 0 spiro atoms. The Kier molecular flexibility index (Phi) is 4.66. The van der Waals surface area contributed by atoms with Crippen LogP contribution in [0.5, 0.6) is 0 Å². The normalized spacial score (nSPS) is 11.2. The molecule has 102 valence electrons. The molecule has 1 aromatic carbocycles. The summed E-state index contributed by atoms with van der Waals surface area (Å²) in [6.07, 6.45) is 0.883. The lowest BCUT2D eigenvalue weighted by Crippen LogP contribution is -2.06. The Labute approximate surface area is 119 Å². The van der Waals surface area contributed by atoms with Crippen LogP contribution in [0.3, 0.4) is 0 Å². The number of rotatable bonds is 5. The summed E-state index contributed by atoms with van der Waals surface area (Å²) in [6, 6.07) is 10.3. The zero-order valence-corrected chi connectivity index (χ0v) is 12.6. The summed E-state index contributed by atoms with van der Waals surface area (Å²) in [5.41, 5.74) is 9.20. The lowest BCUT2D eigenvalue weighted by atomic mass is 10.2. The summed E-state index contributed by atoms with van der Waals surface area (Å²) in [5.74, 6) is 0. The highest BCUT2D eigenvalue weighted by Gasteiger charge is 2.17. The Morgan fingerprint density at radius 2 is 1.95 bits per heavy atom. The van der Waals surface area contributed by atoms with E-state index in [0.29, 0.717) is 11.8 Å². The van der Waals surface area contributed by atoms with Gasteiger partial charge in [-0.1, -0.05) is 32.0 Å². The SMILES string of the molecule is Cc1nn(-c2ccccc2)c(SC(C)C)c1CCN. The fraction of sp³-hybridized carbons (Fsp3) is 0.400. The topological polar surface area (TPSA) is 43.8 Å². The van der Waals surface area contributed by atoms with E-state index < -0.39 is 0 Å². The lowest BCUT2D eigenvalue weighted by molar-refractivity contribution is 0.784. The first-order valence-corrected chi connectivity index (χ1v) is 7.52. The number of benzene rings is 1. The average molecular weight is 275 g/mol. The van der Waals surface area contributed by atoms with Crippen LogP contribution in [0, 0.1) is 6.92 Å². The Morgan fingerprint density at radius 1 is 1.26 bits per heavy atom. The fourth-order valence-corrected chi connectivity index (χ4v) is 3.14. The van der Waals surface area contributed by atoms with Gasteiger partial charge < -0.3 is 5.73 Å². The second-order valence-electron chi connectivity index (χ2n) is 4.82. The molecule has 0 aliphatic rings. The largest absolute Gasteiger partial charge is 0.330 e. The molecule has 0 amide bonds. The van der Waals surface area contributed by atoms with Gasteiger partial charge in [0.25, 0.3) is 0 Å². The van der Waals surface area contributed by atoms with Crippen molar-refractivity contribution in [2.75, 3.05) is 6.54 Å². The highest BCUT2D eigenvalue weighted by atomic mass is 32.2. The van der Waals surface area contributed by atoms with E-state index in [1.807, 2.05) is 34.6 Å². The maximum atomic E-state index is 5.73. The molecule has 1 aromatic heterocycles. The number of aryl methyl sites for hydroxylation is 1. The molecule has 2 N–H and O–H groups in total. The second kappa shape index (κ2) is 6.26. The molecule has 0 fully saturated rings. The van der Waals surface area contributed by atoms with E-state index in [-0.39, 0.29) is 0 Å². The van der Waals surface area contributed by atoms with E-state index in [0.717, 1.165) is 17.8 Å². The first-order chi connectivity index (χ1) is 9.13. The number of nitrogens with zero attached hydrogens (tertiary/aromatic N) is 2. The Balaban J connectivity index is 2.51. The number of nitrogens with two attached hydrogens (primary N) is 1. The predicted octanol–water partition coefficient (Wildman–Crippen LogP) is 3.18. The van der Waals surface area contributed by atoms with Crippen LogP contribution in [-0.4, -0.2) is 21.6 Å². The van der Waals surface area contributed by atoms with Crippen molar-refractivity contribution in [3.8, 4) is 5.69 Å². The van der Waals surface area contributed by atoms with Gasteiger partial charge in [0.15, 0.2) is 0 Å². The van der Waals surface area contributed by atoms with Gasteiger partial charge in [0, 0.05) is 10.8 Å². The summed E-state index contributed by atoms with van der Waals surface area (Å²) >= 11 is 1.85. The lowest BCUT2D eigenvalue weighted by Gasteiger charge is -2.11. The average Bonchev–Trinajstić information content (AvgIpc) is 2.68. The van der Waals surface area contributed by atoms with Gasteiger partial charge in [0.2, 0.25) is 0 Å². The Morgan fingerprint density at radius 3 is 2.53 bits per heavy atom. The number of para-hydroxylation sites is 1. The van der Waals surface area contributed by atoms with Crippen molar-refractivity contribution >= 4 is 11.8 Å². The predicted molar refractivity (Wildman–Crippen MR) is 82.1 cm³/mol. The van der Waals surface area contributed by atoms with E-state index in [1.165, 1.54) is 10.6 Å². The van der Waals surface area contributed by atoms with Crippen molar-refractivity contribution in [3.05, 3.63) is 41.6 Å². The van der Waals surface area contributed by atoms with Crippen molar-refractivity contribution in [2.45, 2.75) is 37.5 Å². The molecule has 19 heavy (non-hydrogen) atoms. The summed E-state index contributed by atoms with van der Waals surface area (Å²) in [6.45, 7) is 7.13. The first kappa shape index (κ1) is 14.2. The van der Waals surface area contributed by atoms with Crippen LogP contribution < -0.4 is 5.73 Å². The zero-order valence-electron chi connectivity index (χ0n) is 11.8. The molecule has 3 nitrogen and oxygen atoms in total. The van der Waals surface area contributed by atoms with Gasteiger partial charge in [0.05, 0.1) is 11.4 Å². The monoisotopic (exact) mass is 275 g/mol. The van der Waals surface area contributed by atoms with Crippen LogP contribution in [-0.2, 0) is 6.42 Å². The van der Waals surface area contributed by atoms with Gasteiger partial charge in [-0.3, -0.25) is 0 Å². The van der Waals surface area contributed by atoms with Crippen LogP contribution in [0.25, 0.3) is 5.69 Å². The van der Waals surface area contributed by atoms with Crippen LogP contribution in [0.1, 0.15) is 25.1 Å². The molecule has 0 unspecified atom stereocenters. The minimum Gasteiger partial charge on any atom is -0.330 e. The summed E-state index contributed by atoms with van der Waals surface area (Å²) in [5, 5.41) is 6.44. The molecule has 0 radical (unpaired) electrons. The Hall–Kier alpha value is -1.26. The maximum absolute atomic E-state index is 5.73. The molecular weight excluding hydrogens is 254 g/mol. The number of hydrogen-bond donors (Lipinski definition) is 1. The standard InChI is InChI=1S/C15H21N3S/c1-11(2)19-15-14(9-10-16)12(3)17-18(15)13-7-5-4-6-8-13/h4-8,11H,9-10,16H2,1-3H3. The summed E-state index contributed by atoms with van der Waals surface area (Å²) < 4.78 is 2.05. The molecule has 0 aliphatic carbocycles. The maximum Gasteiger partial charge on any atom is 0.104 e. The van der Waals surface area contributed by atoms with Gasteiger partial charge in [-0.05, 0) is 32.0 Å². The van der Waals surface area contributed by atoms with Crippen LogP contribution in [0.15, 0.2) is 35.4 Å². The molecule has 0 saturated carbocycles. The van der Waals surface area contributed by atoms with Crippen molar-refractivity contribution in [3.63, 3.8) is 0 Å². The molecule has 4 heteroatoms. The molecular formula is C15H21N3S. The quantitative estimate of drug-likeness (QED) is 0.852. The van der Waals surface area contributed by atoms with E-state index in [4.69, 9.17) is 10.8 Å². The van der Waals surface area contributed by atoms with E-state index in [1.54, 1.807) is 0 Å². The number of thioether (sulfide) groups is 1. The van der Waals surface area contributed by atoms with Crippen molar-refractivity contribution in [1.29, 1.82) is 0 Å². The third-order valence-electron chi connectivity index (χ3n) is 2.88. The molecule has 0 saturated heterocycles. The van der Waals surface area contributed by atoms with Gasteiger partial charge in [-0.2, -0.15) is 5.10 Å². The molecule has 2 aromatic rings. The zero-order chi connectivity index (χ0) is 13.8. The van der Waals surface area contributed by atoms with Gasteiger partial charge in [0.1, 0.15) is 5.03 Å². The van der Waals surface area contributed by atoms with Crippen molar-refractivity contribution in [2.24, 2.45) is 5.73 Å². The summed E-state index contributed by atoms with van der Waals surface area (Å²) in [4.78, 5) is 0. The molecule has 0 aliphatic heterocycles. The van der Waals surface area contributed by atoms with Gasteiger partial charge >= 0.3 is 0 Å². The molecule has 0 bridgehead atoms. The molecule has 1 heterocycles. The van der Waals surface area contributed by atoms with Crippen LogP contribution >= 0.6 is 11.8 Å². The van der Waals surface area contributed by atoms with E-state index in [2.05, 4.69) is 32.9 Å². The van der Waals surface area contributed by atoms with Crippen molar-refractivity contribution in [1.82, 2.24) is 9.78 Å². The van der Waals surface area contributed by atoms with Crippen molar-refractivity contribution < 1.29 is 0 Å². The van der Waals surface area contributed by atoms with E-state index >= 15 is 0 Å². The first-order valence-electron chi connectivity index (χ1n) is 6.64. The van der Waals surface area contributed by atoms with Crippen LogP contribution in [0.4, 0.5) is 0 Å². The molecule has 2 rings (SSSR count). The highest BCUT2D eigenvalue weighted by molar-refractivity contribution is 7.99. The van der Waals surface area contributed by atoms with Gasteiger partial charge in [-0.25, -0.2) is 4.68 Å². The summed E-state index contributed by atoms with van der Waals surface area (Å²) in [7, 11) is 0. The number of hydrogen-bond acceptors (Lipinski definition) is 3. The second-order valence-corrected chi connectivity index (χ2v) is 6.39. The third-order valence-corrected chi connectivity index (χ3v) is 3.99. The smallest absolute Gasteiger partial charge is 0.104 e. The Bertz CT molecular complexity index is 532. The van der Waals surface area contributed by atoms with E-state index in [9.17, 15) is 0 Å². The highest BCUT2D eigenvalue weighted by Crippen LogP contribution is 2.31. The fourth-order valence-electron chi connectivity index (χ4n) is 2.06. The minimum atomic E-state index is 0.523. The molecule has 0 atom stereocenters.